The highest BCUT2D eigenvalue weighted by Crippen LogP contribution is 2.27. The fourth-order valence-corrected chi connectivity index (χ4v) is 5.17. The molecule has 1 fully saturated rings. The number of carbonyl (C=O) groups excluding carboxylic acids is 1. The maximum Gasteiger partial charge on any atom is 0.241 e. The van der Waals surface area contributed by atoms with Crippen LogP contribution in [0, 0.1) is 5.92 Å². The summed E-state index contributed by atoms with van der Waals surface area (Å²) in [6, 6.07) is 12.8. The topological polar surface area (TPSA) is 75.7 Å². The molecule has 0 aliphatic carbocycles. The Balaban J connectivity index is 1.84. The van der Waals surface area contributed by atoms with E-state index >= 15 is 0 Å². The van der Waals surface area contributed by atoms with Crippen molar-refractivity contribution in [3.63, 3.8) is 0 Å². The molecule has 1 aliphatic heterocycles. The summed E-state index contributed by atoms with van der Waals surface area (Å²) in [5, 5.41) is 0.209. The maximum atomic E-state index is 13.3. The monoisotopic (exact) mass is 464 g/mol. The molecule has 8 heteroatoms. The minimum absolute atomic E-state index is 0.000851. The summed E-state index contributed by atoms with van der Waals surface area (Å²) in [5.74, 6) is 0.790. The van der Waals surface area contributed by atoms with Gasteiger partial charge in [-0.1, -0.05) is 48.9 Å². The van der Waals surface area contributed by atoms with Gasteiger partial charge in [-0.05, 0) is 55.9 Å². The third kappa shape index (κ3) is 6.21. The van der Waals surface area contributed by atoms with Crippen LogP contribution in [0.3, 0.4) is 0 Å². The molecule has 31 heavy (non-hydrogen) atoms. The predicted octanol–water partition coefficient (Wildman–Crippen LogP) is 3.89. The number of rotatable bonds is 8. The van der Waals surface area contributed by atoms with Gasteiger partial charge in [-0.15, -0.1) is 0 Å². The second kappa shape index (κ2) is 10.5. The van der Waals surface area contributed by atoms with E-state index in [9.17, 15) is 13.2 Å². The quantitative estimate of drug-likeness (QED) is 0.643. The molecule has 0 aromatic heterocycles. The Hall–Kier alpha value is -2.09. The molecule has 2 aromatic rings. The van der Waals surface area contributed by atoms with Crippen LogP contribution in [0.5, 0.6) is 5.75 Å². The first-order valence-electron chi connectivity index (χ1n) is 10.6. The van der Waals surface area contributed by atoms with E-state index in [0.717, 1.165) is 18.4 Å². The maximum absolute atomic E-state index is 13.3. The van der Waals surface area contributed by atoms with Crippen molar-refractivity contribution >= 4 is 27.5 Å². The normalized spacial score (nSPS) is 16.2. The molecule has 1 aliphatic rings. The molecule has 0 spiro atoms. The number of ether oxygens (including phenoxy) is 1. The molecular formula is C23H29ClN2O4S. The van der Waals surface area contributed by atoms with Crippen molar-refractivity contribution in [2.75, 3.05) is 19.7 Å². The number of carbonyl (C=O) groups is 1. The number of benzene rings is 2. The third-order valence-electron chi connectivity index (χ3n) is 5.49. The van der Waals surface area contributed by atoms with E-state index in [1.54, 1.807) is 4.90 Å². The van der Waals surface area contributed by atoms with Crippen molar-refractivity contribution < 1.29 is 17.9 Å². The number of sulfonamides is 1. The number of hydrogen-bond donors (Lipinski definition) is 1. The Kier molecular flexibility index (Phi) is 7.97. The van der Waals surface area contributed by atoms with Gasteiger partial charge in [-0.25, -0.2) is 8.42 Å². The smallest absolute Gasteiger partial charge is 0.241 e. The van der Waals surface area contributed by atoms with Gasteiger partial charge in [0.05, 0.1) is 16.5 Å². The van der Waals surface area contributed by atoms with Crippen LogP contribution in [0.4, 0.5) is 0 Å². The molecule has 1 heterocycles. The Morgan fingerprint density at radius 3 is 2.48 bits per heavy atom. The van der Waals surface area contributed by atoms with Crippen LogP contribution in [-0.2, 0) is 21.2 Å². The molecular weight excluding hydrogens is 436 g/mol. The van der Waals surface area contributed by atoms with Gasteiger partial charge in [0.2, 0.25) is 15.9 Å². The van der Waals surface area contributed by atoms with Crippen molar-refractivity contribution in [3.8, 4) is 5.75 Å². The van der Waals surface area contributed by atoms with E-state index < -0.39 is 16.1 Å². The van der Waals surface area contributed by atoms with Crippen LogP contribution in [0.15, 0.2) is 53.4 Å². The Morgan fingerprint density at radius 1 is 1.19 bits per heavy atom. The third-order valence-corrected chi connectivity index (χ3v) is 7.25. The van der Waals surface area contributed by atoms with E-state index in [2.05, 4.69) is 11.6 Å². The lowest BCUT2D eigenvalue weighted by Gasteiger charge is -2.33. The Labute approximate surface area is 189 Å². The first-order chi connectivity index (χ1) is 14.8. The van der Waals surface area contributed by atoms with Gasteiger partial charge >= 0.3 is 0 Å². The largest absolute Gasteiger partial charge is 0.492 e. The molecule has 168 valence electrons. The lowest BCUT2D eigenvalue weighted by molar-refractivity contribution is -0.134. The van der Waals surface area contributed by atoms with Crippen LogP contribution < -0.4 is 9.46 Å². The Bertz CT molecular complexity index is 990. The van der Waals surface area contributed by atoms with Crippen molar-refractivity contribution in [2.24, 2.45) is 5.92 Å². The van der Waals surface area contributed by atoms with Crippen LogP contribution >= 0.6 is 11.6 Å². The molecule has 1 saturated heterocycles. The summed E-state index contributed by atoms with van der Waals surface area (Å²) >= 11 is 6.19. The van der Waals surface area contributed by atoms with Gasteiger partial charge in [-0.3, -0.25) is 4.79 Å². The number of nitrogens with one attached hydrogen (secondary N) is 1. The van der Waals surface area contributed by atoms with E-state index in [0.29, 0.717) is 31.4 Å². The number of likely N-dealkylation sites (tertiary alicyclic amines) is 1. The molecule has 0 radical (unpaired) electrons. The summed E-state index contributed by atoms with van der Waals surface area (Å²) in [6.45, 7) is 5.70. The summed E-state index contributed by atoms with van der Waals surface area (Å²) < 4.78 is 34.2. The number of amides is 1. The van der Waals surface area contributed by atoms with Crippen molar-refractivity contribution in [1.29, 1.82) is 0 Å². The second-order valence-corrected chi connectivity index (χ2v) is 10.0. The number of hydrogen-bond acceptors (Lipinski definition) is 4. The number of piperidine rings is 1. The van der Waals surface area contributed by atoms with Gasteiger partial charge in [0.1, 0.15) is 11.8 Å². The molecule has 2 aromatic carbocycles. The van der Waals surface area contributed by atoms with E-state index in [1.807, 2.05) is 37.3 Å². The average Bonchev–Trinajstić information content (AvgIpc) is 2.75. The zero-order valence-electron chi connectivity index (χ0n) is 17.9. The highest BCUT2D eigenvalue weighted by Gasteiger charge is 2.31. The highest BCUT2D eigenvalue weighted by atomic mass is 35.5. The first kappa shape index (κ1) is 23.6. The standard InChI is InChI=1S/C23H29ClN2O4S/c1-3-30-22-10-9-19(16-20(22)24)31(28,29)25-21(15-18-7-5-4-6-8-18)23(27)26-13-11-17(2)12-14-26/h4-10,16-17,21,25H,3,11-15H2,1-2H3/t21-/m0/s1. The molecule has 0 bridgehead atoms. The Morgan fingerprint density at radius 2 is 1.87 bits per heavy atom. The fourth-order valence-electron chi connectivity index (χ4n) is 3.66. The molecule has 1 amide bonds. The number of halogens is 1. The van der Waals surface area contributed by atoms with Crippen LogP contribution in [-0.4, -0.2) is 45.0 Å². The minimum Gasteiger partial charge on any atom is -0.492 e. The summed E-state index contributed by atoms with van der Waals surface area (Å²) in [7, 11) is -3.97. The molecule has 1 atom stereocenters. The SMILES string of the molecule is CCOc1ccc(S(=O)(=O)N[C@@H](Cc2ccccc2)C(=O)N2CCC(C)CC2)cc1Cl. The summed E-state index contributed by atoms with van der Waals surface area (Å²) in [5.41, 5.74) is 0.888. The van der Waals surface area contributed by atoms with Crippen LogP contribution in [0.2, 0.25) is 5.02 Å². The minimum atomic E-state index is -3.97. The molecule has 3 rings (SSSR count). The van der Waals surface area contributed by atoms with Gasteiger partial charge in [0, 0.05) is 13.1 Å². The van der Waals surface area contributed by atoms with E-state index in [1.165, 1.54) is 18.2 Å². The van der Waals surface area contributed by atoms with E-state index in [4.69, 9.17) is 16.3 Å². The first-order valence-corrected chi connectivity index (χ1v) is 12.4. The van der Waals surface area contributed by atoms with E-state index in [-0.39, 0.29) is 22.2 Å². The van der Waals surface area contributed by atoms with Crippen molar-refractivity contribution in [3.05, 3.63) is 59.1 Å². The van der Waals surface area contributed by atoms with Gasteiger partial charge in [0.25, 0.3) is 0 Å². The fraction of sp³-hybridized carbons (Fsp3) is 0.435. The van der Waals surface area contributed by atoms with Crippen molar-refractivity contribution in [2.45, 2.75) is 44.0 Å². The zero-order valence-corrected chi connectivity index (χ0v) is 19.5. The molecule has 6 nitrogen and oxygen atoms in total. The van der Waals surface area contributed by atoms with Crippen LogP contribution in [0.25, 0.3) is 0 Å². The predicted molar refractivity (Wildman–Crippen MR) is 122 cm³/mol. The second-order valence-electron chi connectivity index (χ2n) is 7.90. The lowest BCUT2D eigenvalue weighted by atomic mass is 9.98. The summed E-state index contributed by atoms with van der Waals surface area (Å²) in [6.07, 6.45) is 2.12. The molecule has 0 saturated carbocycles. The van der Waals surface area contributed by atoms with Gasteiger partial charge in [-0.2, -0.15) is 4.72 Å². The molecule has 1 N–H and O–H groups in total. The average molecular weight is 465 g/mol. The van der Waals surface area contributed by atoms with Gasteiger partial charge in [0.15, 0.2) is 0 Å². The lowest BCUT2D eigenvalue weighted by Crippen LogP contribution is -2.51. The highest BCUT2D eigenvalue weighted by molar-refractivity contribution is 7.89. The number of nitrogens with zero attached hydrogens (tertiary/aromatic N) is 1. The zero-order chi connectivity index (χ0) is 22.4. The van der Waals surface area contributed by atoms with Gasteiger partial charge < -0.3 is 9.64 Å². The summed E-state index contributed by atoms with van der Waals surface area (Å²) in [4.78, 5) is 15.0. The van der Waals surface area contributed by atoms with Crippen LogP contribution in [0.1, 0.15) is 32.3 Å². The molecule has 0 unspecified atom stereocenters. The van der Waals surface area contributed by atoms with Crippen molar-refractivity contribution in [1.82, 2.24) is 9.62 Å².